The second kappa shape index (κ2) is 14.7. The van der Waals surface area contributed by atoms with E-state index in [1.165, 1.54) is 6.29 Å². The van der Waals surface area contributed by atoms with Crippen LogP contribution in [0.2, 0.25) is 13.1 Å². The van der Waals surface area contributed by atoms with Gasteiger partial charge in [0.2, 0.25) is 0 Å². The number of aldehydes is 1. The number of esters is 1. The van der Waals surface area contributed by atoms with E-state index in [4.69, 9.17) is 32.8 Å². The largest absolute Gasteiger partial charge is 0.452 e. The Balaban J connectivity index is 1.18. The van der Waals surface area contributed by atoms with Crippen molar-refractivity contribution in [2.75, 3.05) is 6.61 Å². The summed E-state index contributed by atoms with van der Waals surface area (Å²) in [4.78, 5) is 30.6. The van der Waals surface area contributed by atoms with Gasteiger partial charge in [0, 0.05) is 5.41 Å². The minimum atomic E-state index is -1.81. The van der Waals surface area contributed by atoms with Crippen LogP contribution in [0, 0.1) is 68.5 Å². The summed E-state index contributed by atoms with van der Waals surface area (Å²) in [6.45, 7) is 19.0. The number of hydrogen-bond acceptors (Lipinski definition) is 10. The minimum Gasteiger partial charge on any atom is -0.452 e. The maximum absolute atomic E-state index is 16.2. The molecule has 14 atom stereocenters. The first-order chi connectivity index (χ1) is 28.6. The zero-order valence-corrected chi connectivity index (χ0v) is 37.9. The van der Waals surface area contributed by atoms with Crippen LogP contribution in [0.15, 0.2) is 72.3 Å². The predicted molar refractivity (Wildman–Crippen MR) is 225 cm³/mol. The molecule has 8 aliphatic rings. The third-order valence-corrected chi connectivity index (χ3v) is 16.6. The fourth-order valence-corrected chi connectivity index (χ4v) is 14.6. The van der Waals surface area contributed by atoms with E-state index in [9.17, 15) is 10.1 Å². The normalized spacial score (nSPS) is 41.2. The van der Waals surface area contributed by atoms with Crippen LogP contribution in [-0.4, -0.2) is 64.3 Å². The topological polar surface area (TPSA) is 123 Å². The van der Waals surface area contributed by atoms with E-state index in [-0.39, 0.29) is 36.2 Å². The average Bonchev–Trinajstić information content (AvgIpc) is 3.91. The molecule has 60 heavy (non-hydrogen) atoms. The zero-order chi connectivity index (χ0) is 42.6. The van der Waals surface area contributed by atoms with Crippen molar-refractivity contribution in [3.8, 4) is 6.07 Å². The van der Waals surface area contributed by atoms with Gasteiger partial charge in [-0.15, -0.1) is 0 Å². The van der Waals surface area contributed by atoms with Gasteiger partial charge < -0.3 is 32.9 Å². The van der Waals surface area contributed by atoms with Gasteiger partial charge in [0.15, 0.2) is 21.2 Å². The van der Waals surface area contributed by atoms with Crippen LogP contribution < -0.4 is 0 Å². The lowest BCUT2D eigenvalue weighted by molar-refractivity contribution is -0.492. The molecule has 0 aromatic heterocycles. The average molecular weight is 838 g/mol. The van der Waals surface area contributed by atoms with Crippen molar-refractivity contribution < 1.29 is 42.4 Å². The number of hydrogen-bond donors (Lipinski definition) is 0. The van der Waals surface area contributed by atoms with Gasteiger partial charge in [-0.25, -0.2) is 0 Å². The second-order valence-electron chi connectivity index (χ2n) is 20.6. The first kappa shape index (κ1) is 42.1. The Labute approximate surface area is 357 Å². The maximum atomic E-state index is 16.2. The summed E-state index contributed by atoms with van der Waals surface area (Å²) in [6, 6.07) is 22.1. The first-order valence-electron chi connectivity index (χ1n) is 22.5. The summed E-state index contributed by atoms with van der Waals surface area (Å²) in [7, 11) is -1.81. The highest BCUT2D eigenvalue weighted by Gasteiger charge is 2.86. The molecule has 4 aliphatic carbocycles. The van der Waals surface area contributed by atoms with Gasteiger partial charge in [-0.2, -0.15) is 5.26 Å². The van der Waals surface area contributed by atoms with E-state index in [0.717, 1.165) is 29.5 Å². The second-order valence-corrected chi connectivity index (χ2v) is 23.0. The van der Waals surface area contributed by atoms with E-state index in [1.807, 2.05) is 67.6 Å². The molecule has 7 fully saturated rings. The van der Waals surface area contributed by atoms with Gasteiger partial charge in [0.25, 0.3) is 5.97 Å². The van der Waals surface area contributed by atoms with Gasteiger partial charge in [0.05, 0.1) is 24.0 Å². The molecule has 8 bridgehead atoms. The van der Waals surface area contributed by atoms with Gasteiger partial charge in [-0.1, -0.05) is 127 Å². The number of benzene rings is 2. The minimum absolute atomic E-state index is 0.0295. The molecule has 4 aliphatic heterocycles. The van der Waals surface area contributed by atoms with Crippen molar-refractivity contribution in [1.29, 1.82) is 5.26 Å². The van der Waals surface area contributed by atoms with Crippen LogP contribution in [0.25, 0.3) is 0 Å². The molecule has 4 heterocycles. The van der Waals surface area contributed by atoms with Crippen molar-refractivity contribution >= 4 is 21.3 Å². The molecule has 4 saturated heterocycles. The Morgan fingerprint density at radius 2 is 1.67 bits per heavy atom. The van der Waals surface area contributed by atoms with Gasteiger partial charge >= 0.3 is 11.9 Å². The molecule has 0 amide bonds. The number of rotatable bonds is 14. The fourth-order valence-electron chi connectivity index (χ4n) is 13.7. The Bertz CT molecular complexity index is 2010. The van der Waals surface area contributed by atoms with Crippen molar-refractivity contribution in [2.24, 2.45) is 57.2 Å². The maximum Gasteiger partial charge on any atom is 0.318 e. The van der Waals surface area contributed by atoms with Crippen LogP contribution in [-0.2, 0) is 42.4 Å². The highest BCUT2D eigenvalue weighted by Crippen LogP contribution is 2.83. The zero-order valence-electron chi connectivity index (χ0n) is 36.7. The predicted octanol–water partition coefficient (Wildman–Crippen LogP) is 8.66. The monoisotopic (exact) mass is 837 g/mol. The Kier molecular flexibility index (Phi) is 10.3. The molecular weight excluding hydrogens is 775 g/mol. The Morgan fingerprint density at radius 1 is 1.00 bits per heavy atom. The summed E-state index contributed by atoms with van der Waals surface area (Å²) in [6.07, 6.45) is 3.78. The number of fused-ring (bicyclic) bond motifs is 2. The number of nitriles is 1. The Morgan fingerprint density at radius 3 is 2.23 bits per heavy atom. The van der Waals surface area contributed by atoms with Crippen molar-refractivity contribution in [2.45, 2.75) is 136 Å². The summed E-state index contributed by atoms with van der Waals surface area (Å²) >= 11 is 0. The highest BCUT2D eigenvalue weighted by molar-refractivity contribution is 6.48. The van der Waals surface area contributed by atoms with E-state index in [1.54, 1.807) is 0 Å². The quantitative estimate of drug-likeness (QED) is 0.0791. The number of carbonyl (C=O) groups excluding carboxylic acids is 2. The van der Waals surface area contributed by atoms with Crippen LogP contribution in [0.4, 0.5) is 0 Å². The third-order valence-electron chi connectivity index (χ3n) is 15.8. The molecule has 0 N–H and O–H groups in total. The molecule has 0 spiro atoms. The lowest BCUT2D eigenvalue weighted by Crippen LogP contribution is -2.66. The molecule has 3 saturated carbocycles. The van der Waals surface area contributed by atoms with Crippen LogP contribution in [0.1, 0.15) is 97.8 Å². The van der Waals surface area contributed by atoms with Crippen molar-refractivity contribution in [1.82, 2.24) is 0 Å². The van der Waals surface area contributed by atoms with E-state index in [2.05, 4.69) is 66.8 Å². The lowest BCUT2D eigenvalue weighted by atomic mass is 9.43. The van der Waals surface area contributed by atoms with E-state index in [0.29, 0.717) is 25.2 Å². The van der Waals surface area contributed by atoms with Crippen molar-refractivity contribution in [3.05, 3.63) is 83.4 Å². The number of carbonyl (C=O) groups is 2. The highest BCUT2D eigenvalue weighted by atomic mass is 28.3. The Hall–Kier alpha value is -3.21. The molecule has 11 heteroatoms. The van der Waals surface area contributed by atoms with Gasteiger partial charge in [-0.05, 0) is 84.9 Å². The summed E-state index contributed by atoms with van der Waals surface area (Å²) < 4.78 is 48.5. The number of nitrogens with zero attached hydrogens (tertiary/aromatic N) is 1. The molecule has 0 radical (unpaired) electrons. The number of ether oxygens (including phenoxy) is 6. The fraction of sp³-hybridized carbons (Fsp3) is 0.653. The molecule has 10 rings (SSSR count). The molecule has 2 aromatic rings. The molecular formula is C49H63NO9Si. The SMILES string of the molecule is CCC(C#N)OC1C2OC3(O[SiH](C)C)OC(OCC45CC6C(C)CCC6C6(C=O)CC4C=C(C(C)C)C65C(=O)OC(c4ccccc4)c4ccccc4)(OC13)C2C(C)(C)C. The smallest absolute Gasteiger partial charge is 0.318 e. The van der Waals surface area contributed by atoms with E-state index >= 15 is 4.79 Å². The molecule has 322 valence electrons. The summed E-state index contributed by atoms with van der Waals surface area (Å²) in [5, 5.41) is 9.99. The number of allylic oxidation sites excluding steroid dienone is 1. The van der Waals surface area contributed by atoms with Crippen LogP contribution in [0.5, 0.6) is 0 Å². The molecule has 2 aromatic carbocycles. The summed E-state index contributed by atoms with van der Waals surface area (Å²) in [5.74, 6) is -3.61. The molecule has 14 unspecified atom stereocenters. The third kappa shape index (κ3) is 5.70. The van der Waals surface area contributed by atoms with Crippen LogP contribution in [0.3, 0.4) is 0 Å². The van der Waals surface area contributed by atoms with Gasteiger partial charge in [0.1, 0.15) is 30.0 Å². The first-order valence-corrected chi connectivity index (χ1v) is 25.3. The molecule has 10 nitrogen and oxygen atoms in total. The summed E-state index contributed by atoms with van der Waals surface area (Å²) in [5.41, 5.74) is -0.936. The van der Waals surface area contributed by atoms with E-state index < -0.39 is 79.1 Å². The van der Waals surface area contributed by atoms with Crippen LogP contribution >= 0.6 is 0 Å². The van der Waals surface area contributed by atoms with Crippen molar-refractivity contribution in [3.63, 3.8) is 0 Å². The lowest BCUT2D eigenvalue weighted by Gasteiger charge is -2.59. The standard InChI is InChI=1S/C49H63NO9Si/c1-10-34(26-50)54-40-39-41(44(5,6)7)48(57-42(40)49(56-39,58-48)59-60(8)9)53-28-46-25-35-30(4)21-22-36(35)45(27-51)24-33(46)23-37(29(2)3)47(45,46)43(52)55-38(31-17-13-11-14-18-31)32-19-15-12-16-20-32/h11-20,23,27,29-30,33-36,38-42,60H,10,21-22,24-25,28H2,1-9H3. The van der Waals surface area contributed by atoms with Gasteiger partial charge in [-0.3, -0.25) is 9.53 Å².